The lowest BCUT2D eigenvalue weighted by Gasteiger charge is -2.43. The number of ether oxygens (including phenoxy) is 1. The first-order chi connectivity index (χ1) is 13.8. The molecule has 4 heterocycles. The molecule has 29 heavy (non-hydrogen) atoms. The molecule has 0 radical (unpaired) electrons. The summed E-state index contributed by atoms with van der Waals surface area (Å²) in [6.45, 7) is 2.50. The Hall–Kier alpha value is -2.37. The molecule has 0 saturated carbocycles. The van der Waals surface area contributed by atoms with Crippen LogP contribution in [0.1, 0.15) is 25.1 Å². The monoisotopic (exact) mass is 416 g/mol. The first kappa shape index (κ1) is 19.9. The van der Waals surface area contributed by atoms with Crippen LogP contribution in [-0.2, 0) is 22.3 Å². The highest BCUT2D eigenvalue weighted by Gasteiger charge is 2.38. The fourth-order valence-corrected chi connectivity index (χ4v) is 4.16. The van der Waals surface area contributed by atoms with Gasteiger partial charge in [-0.05, 0) is 25.2 Å². The number of nitrogens with one attached hydrogen (secondary N) is 1. The van der Waals surface area contributed by atoms with E-state index in [1.54, 1.807) is 9.80 Å². The van der Waals surface area contributed by atoms with Gasteiger partial charge in [0.2, 0.25) is 5.91 Å². The van der Waals surface area contributed by atoms with E-state index >= 15 is 0 Å². The van der Waals surface area contributed by atoms with Crippen LogP contribution in [0.15, 0.2) is 6.33 Å². The fourth-order valence-electron chi connectivity index (χ4n) is 4.16. The second kappa shape index (κ2) is 7.81. The van der Waals surface area contributed by atoms with Crippen molar-refractivity contribution in [3.63, 3.8) is 0 Å². The summed E-state index contributed by atoms with van der Waals surface area (Å²) in [7, 11) is 0. The summed E-state index contributed by atoms with van der Waals surface area (Å²) in [5, 5.41) is 6.37. The molecule has 0 unspecified atom stereocenters. The molecule has 1 aromatic heterocycles. The Morgan fingerprint density at radius 3 is 2.62 bits per heavy atom. The van der Waals surface area contributed by atoms with Gasteiger partial charge in [-0.3, -0.25) is 9.48 Å². The number of hydrogen-bond donors (Lipinski definition) is 1. The van der Waals surface area contributed by atoms with E-state index in [9.17, 15) is 22.8 Å². The number of likely N-dealkylation sites (tertiary alicyclic amines) is 2. The van der Waals surface area contributed by atoms with Crippen LogP contribution in [-0.4, -0.2) is 81.4 Å². The molecule has 12 heteroatoms. The van der Waals surface area contributed by atoms with E-state index in [0.29, 0.717) is 52.0 Å². The summed E-state index contributed by atoms with van der Waals surface area (Å²) in [4.78, 5) is 31.2. The second-order valence-corrected chi connectivity index (χ2v) is 7.76. The molecule has 3 aliphatic rings. The van der Waals surface area contributed by atoms with Gasteiger partial charge in [0.25, 0.3) is 5.82 Å². The maximum absolute atomic E-state index is 12.8. The van der Waals surface area contributed by atoms with Crippen molar-refractivity contribution in [1.29, 1.82) is 0 Å². The third kappa shape index (κ3) is 4.46. The number of amides is 3. The first-order valence-electron chi connectivity index (χ1n) is 9.71. The van der Waals surface area contributed by atoms with Gasteiger partial charge in [0.1, 0.15) is 12.9 Å². The Bertz CT molecular complexity index is 762. The van der Waals surface area contributed by atoms with Crippen LogP contribution < -0.4 is 5.32 Å². The van der Waals surface area contributed by atoms with Crippen LogP contribution in [0.4, 0.5) is 18.0 Å². The van der Waals surface area contributed by atoms with Crippen molar-refractivity contribution >= 4 is 11.9 Å². The van der Waals surface area contributed by atoms with Gasteiger partial charge in [0.05, 0.1) is 12.1 Å². The van der Waals surface area contributed by atoms with Gasteiger partial charge in [-0.2, -0.15) is 13.2 Å². The number of aromatic nitrogens is 3. The van der Waals surface area contributed by atoms with E-state index < -0.39 is 12.0 Å². The second-order valence-electron chi connectivity index (χ2n) is 7.76. The number of carbonyl (C=O) groups excluding carboxylic acids is 2. The molecule has 4 rings (SSSR count). The van der Waals surface area contributed by atoms with Crippen LogP contribution in [0, 0.1) is 5.92 Å². The van der Waals surface area contributed by atoms with Crippen molar-refractivity contribution in [1.82, 2.24) is 29.9 Å². The molecule has 9 nitrogen and oxygen atoms in total. The van der Waals surface area contributed by atoms with Crippen LogP contribution in [0.5, 0.6) is 0 Å². The molecule has 0 aliphatic carbocycles. The van der Waals surface area contributed by atoms with Gasteiger partial charge < -0.3 is 19.9 Å². The van der Waals surface area contributed by atoms with Gasteiger partial charge in [0.15, 0.2) is 0 Å². The smallest absolute Gasteiger partial charge is 0.366 e. The minimum absolute atomic E-state index is 0.0493. The molecule has 0 aromatic carbocycles. The molecule has 1 N–H and O–H groups in total. The molecule has 0 spiro atoms. The van der Waals surface area contributed by atoms with E-state index in [4.69, 9.17) is 4.74 Å². The van der Waals surface area contributed by atoms with Crippen molar-refractivity contribution in [2.24, 2.45) is 5.92 Å². The predicted molar refractivity (Wildman–Crippen MR) is 92.6 cm³/mol. The number of rotatable bonds is 2. The predicted octanol–water partition coefficient (Wildman–Crippen LogP) is 0.718. The van der Waals surface area contributed by atoms with E-state index in [2.05, 4.69) is 15.4 Å². The standard InChI is InChI=1S/C17H23F3N6O3/c18-17(19,20)15-21-10-26(23-15)7-11-1-4-24(5-2-11)16(28)25-6-3-13-12(8-25)22-14(27)9-29-13/h10-13H,1-9H2,(H,22,27)/t12-,13+/m0/s1. The molecule has 3 amide bonds. The SMILES string of the molecule is O=C1CO[C@@H]2CCN(C(=O)N3CCC(Cn4cnc(C(F)(F)F)n4)CC3)C[C@@H]2N1. The number of piperidine rings is 2. The Balaban J connectivity index is 1.26. The van der Waals surface area contributed by atoms with E-state index in [-0.39, 0.29) is 36.6 Å². The van der Waals surface area contributed by atoms with E-state index in [0.717, 1.165) is 6.33 Å². The zero-order valence-electron chi connectivity index (χ0n) is 15.8. The highest BCUT2D eigenvalue weighted by Crippen LogP contribution is 2.26. The molecule has 3 fully saturated rings. The van der Waals surface area contributed by atoms with Gasteiger partial charge in [-0.25, -0.2) is 9.78 Å². The minimum atomic E-state index is -4.54. The number of urea groups is 1. The van der Waals surface area contributed by atoms with Gasteiger partial charge in [-0.15, -0.1) is 5.10 Å². The minimum Gasteiger partial charge on any atom is -0.366 e. The summed E-state index contributed by atoms with van der Waals surface area (Å²) >= 11 is 0. The number of fused-ring (bicyclic) bond motifs is 1. The van der Waals surface area contributed by atoms with Gasteiger partial charge in [0, 0.05) is 32.7 Å². The zero-order chi connectivity index (χ0) is 20.6. The van der Waals surface area contributed by atoms with Crippen molar-refractivity contribution < 1.29 is 27.5 Å². The summed E-state index contributed by atoms with van der Waals surface area (Å²) in [5.74, 6) is -1.16. The number of alkyl halides is 3. The summed E-state index contributed by atoms with van der Waals surface area (Å²) < 4.78 is 44.5. The van der Waals surface area contributed by atoms with Crippen LogP contribution in [0.3, 0.4) is 0 Å². The van der Waals surface area contributed by atoms with Crippen LogP contribution >= 0.6 is 0 Å². The van der Waals surface area contributed by atoms with Crippen LogP contribution in [0.2, 0.25) is 0 Å². The number of hydrogen-bond acceptors (Lipinski definition) is 5. The molecule has 1 aromatic rings. The molecule has 160 valence electrons. The zero-order valence-corrected chi connectivity index (χ0v) is 15.8. The Labute approximate surface area is 165 Å². The normalized spacial score (nSPS) is 26.2. The highest BCUT2D eigenvalue weighted by atomic mass is 19.4. The van der Waals surface area contributed by atoms with Crippen molar-refractivity contribution in [2.45, 2.75) is 44.1 Å². The molecule has 0 bridgehead atoms. The largest absolute Gasteiger partial charge is 0.453 e. The fraction of sp³-hybridized carbons (Fsp3) is 0.765. The third-order valence-corrected chi connectivity index (χ3v) is 5.72. The summed E-state index contributed by atoms with van der Waals surface area (Å²) in [6, 6.07) is -0.247. The molecule has 3 saturated heterocycles. The van der Waals surface area contributed by atoms with E-state index in [1.807, 2.05) is 0 Å². The van der Waals surface area contributed by atoms with Gasteiger partial charge >= 0.3 is 12.2 Å². The Morgan fingerprint density at radius 2 is 1.93 bits per heavy atom. The summed E-state index contributed by atoms with van der Waals surface area (Å²) in [5.41, 5.74) is 0. The molecular weight excluding hydrogens is 393 g/mol. The topological polar surface area (TPSA) is 92.6 Å². The highest BCUT2D eigenvalue weighted by molar-refractivity contribution is 5.79. The maximum Gasteiger partial charge on any atom is 0.453 e. The molecule has 2 atom stereocenters. The third-order valence-electron chi connectivity index (χ3n) is 5.72. The molecule has 3 aliphatic heterocycles. The lowest BCUT2D eigenvalue weighted by atomic mass is 9.96. The Morgan fingerprint density at radius 1 is 1.21 bits per heavy atom. The first-order valence-corrected chi connectivity index (χ1v) is 9.71. The number of nitrogens with zero attached hydrogens (tertiary/aromatic N) is 5. The lowest BCUT2D eigenvalue weighted by Crippen LogP contribution is -2.62. The lowest BCUT2D eigenvalue weighted by molar-refractivity contribution is -0.145. The van der Waals surface area contributed by atoms with Crippen molar-refractivity contribution in [3.05, 3.63) is 12.2 Å². The van der Waals surface area contributed by atoms with Crippen molar-refractivity contribution in [2.75, 3.05) is 32.8 Å². The quantitative estimate of drug-likeness (QED) is 0.767. The van der Waals surface area contributed by atoms with Crippen molar-refractivity contribution in [3.8, 4) is 0 Å². The summed E-state index contributed by atoms with van der Waals surface area (Å²) in [6.07, 6.45) is -1.44. The Kier molecular flexibility index (Phi) is 5.36. The van der Waals surface area contributed by atoms with Crippen LogP contribution in [0.25, 0.3) is 0 Å². The van der Waals surface area contributed by atoms with E-state index in [1.165, 1.54) is 4.68 Å². The average Bonchev–Trinajstić information content (AvgIpc) is 3.16. The number of morpholine rings is 1. The molecular formula is C17H23F3N6O3. The number of halogens is 3. The average molecular weight is 416 g/mol. The maximum atomic E-state index is 12.8. The van der Waals surface area contributed by atoms with Gasteiger partial charge in [-0.1, -0.05) is 0 Å². The number of carbonyl (C=O) groups is 2.